The Labute approximate surface area is 122 Å². The molecule has 0 radical (unpaired) electrons. The van der Waals surface area contributed by atoms with Crippen LogP contribution < -0.4 is 5.73 Å². The minimum Gasteiger partial charge on any atom is -0.371 e. The maximum absolute atomic E-state index is 13.0. The van der Waals surface area contributed by atoms with Crippen LogP contribution in [-0.4, -0.2) is 42.1 Å². The van der Waals surface area contributed by atoms with Gasteiger partial charge in [0.2, 0.25) is 5.91 Å². The molecule has 2 saturated heterocycles. The van der Waals surface area contributed by atoms with Gasteiger partial charge in [-0.25, -0.2) is 0 Å². The van der Waals surface area contributed by atoms with Crippen LogP contribution in [0.1, 0.15) is 46.5 Å². The van der Waals surface area contributed by atoms with Crippen molar-refractivity contribution in [2.75, 3.05) is 13.1 Å². The maximum atomic E-state index is 13.0. The number of ether oxygens (including phenoxy) is 1. The molecule has 1 saturated carbocycles. The Morgan fingerprint density at radius 2 is 1.75 bits per heavy atom. The number of nitrogens with zero attached hydrogens (tertiary/aromatic N) is 1. The molecular formula is C16H28N2O2. The van der Waals surface area contributed by atoms with E-state index < -0.39 is 0 Å². The van der Waals surface area contributed by atoms with Crippen LogP contribution in [-0.2, 0) is 9.53 Å². The molecule has 1 amide bonds. The monoisotopic (exact) mass is 280 g/mol. The summed E-state index contributed by atoms with van der Waals surface area (Å²) in [4.78, 5) is 15.0. The number of carbonyl (C=O) groups excluding carboxylic acids is 1. The van der Waals surface area contributed by atoms with Gasteiger partial charge in [0.1, 0.15) is 0 Å². The standard InChI is InChI=1S/C16H28N2O2/c1-10-14(17)7-6-13(16(10,2)3)15(19)18-8-11-4-5-12(9-18)20-11/h10-14H,4-9,17H2,1-3H3. The topological polar surface area (TPSA) is 55.6 Å². The third-order valence-electron chi connectivity index (χ3n) is 6.16. The van der Waals surface area contributed by atoms with E-state index in [1.165, 1.54) is 0 Å². The summed E-state index contributed by atoms with van der Waals surface area (Å²) in [6.07, 6.45) is 4.70. The first-order chi connectivity index (χ1) is 9.39. The first-order valence-corrected chi connectivity index (χ1v) is 8.09. The van der Waals surface area contributed by atoms with Crippen molar-refractivity contribution in [3.05, 3.63) is 0 Å². The van der Waals surface area contributed by atoms with Crippen LogP contribution in [0.5, 0.6) is 0 Å². The second-order valence-electron chi connectivity index (χ2n) is 7.60. The molecule has 2 N–H and O–H groups in total. The van der Waals surface area contributed by atoms with Crippen molar-refractivity contribution in [2.24, 2.45) is 23.0 Å². The lowest BCUT2D eigenvalue weighted by molar-refractivity contribution is -0.151. The lowest BCUT2D eigenvalue weighted by Crippen LogP contribution is -2.55. The Balaban J connectivity index is 1.73. The number of fused-ring (bicyclic) bond motifs is 2. The lowest BCUT2D eigenvalue weighted by Gasteiger charge is -2.48. The number of likely N-dealkylation sites (tertiary alicyclic amines) is 1. The van der Waals surface area contributed by atoms with Gasteiger partial charge >= 0.3 is 0 Å². The van der Waals surface area contributed by atoms with Gasteiger partial charge in [0.05, 0.1) is 12.2 Å². The molecule has 2 bridgehead atoms. The Bertz CT molecular complexity index is 384. The molecule has 3 aliphatic rings. The van der Waals surface area contributed by atoms with E-state index in [0.29, 0.717) is 11.8 Å². The second kappa shape index (κ2) is 4.99. The summed E-state index contributed by atoms with van der Waals surface area (Å²) < 4.78 is 5.84. The van der Waals surface area contributed by atoms with Crippen LogP contribution in [0.25, 0.3) is 0 Å². The third kappa shape index (κ3) is 2.27. The SMILES string of the molecule is CC1C(N)CCC(C(=O)N2CC3CCC(C2)O3)C1(C)C. The smallest absolute Gasteiger partial charge is 0.226 e. The van der Waals surface area contributed by atoms with Crippen LogP contribution in [0.2, 0.25) is 0 Å². The number of hydrogen-bond donors (Lipinski definition) is 1. The van der Waals surface area contributed by atoms with Crippen molar-refractivity contribution >= 4 is 5.91 Å². The zero-order valence-electron chi connectivity index (χ0n) is 13.0. The van der Waals surface area contributed by atoms with E-state index in [4.69, 9.17) is 10.5 Å². The van der Waals surface area contributed by atoms with Crippen molar-refractivity contribution in [2.45, 2.75) is 64.7 Å². The molecular weight excluding hydrogens is 252 g/mol. The summed E-state index contributed by atoms with van der Waals surface area (Å²) in [5.74, 6) is 0.853. The molecule has 114 valence electrons. The number of amides is 1. The average Bonchev–Trinajstić information content (AvgIpc) is 2.74. The van der Waals surface area contributed by atoms with Gasteiger partial charge in [-0.05, 0) is 37.0 Å². The molecule has 3 fully saturated rings. The zero-order chi connectivity index (χ0) is 14.5. The second-order valence-corrected chi connectivity index (χ2v) is 7.60. The Kier molecular flexibility index (Phi) is 3.57. The highest BCUT2D eigenvalue weighted by molar-refractivity contribution is 5.80. The van der Waals surface area contributed by atoms with Crippen molar-refractivity contribution in [1.82, 2.24) is 4.90 Å². The van der Waals surface area contributed by atoms with Gasteiger partial charge in [-0.1, -0.05) is 20.8 Å². The van der Waals surface area contributed by atoms with Gasteiger partial charge in [-0.3, -0.25) is 4.79 Å². The molecule has 0 spiro atoms. The highest BCUT2D eigenvalue weighted by Gasteiger charge is 2.47. The molecule has 2 aliphatic heterocycles. The number of rotatable bonds is 1. The quantitative estimate of drug-likeness (QED) is 0.796. The van der Waals surface area contributed by atoms with Crippen LogP contribution in [0.3, 0.4) is 0 Å². The Morgan fingerprint density at radius 3 is 2.35 bits per heavy atom. The van der Waals surface area contributed by atoms with Crippen LogP contribution in [0.4, 0.5) is 0 Å². The maximum Gasteiger partial charge on any atom is 0.226 e. The van der Waals surface area contributed by atoms with Crippen LogP contribution in [0, 0.1) is 17.3 Å². The Morgan fingerprint density at radius 1 is 1.15 bits per heavy atom. The summed E-state index contributed by atoms with van der Waals surface area (Å²) in [6, 6.07) is 0.231. The number of hydrogen-bond acceptors (Lipinski definition) is 3. The summed E-state index contributed by atoms with van der Waals surface area (Å²) in [5, 5.41) is 0. The van der Waals surface area contributed by atoms with E-state index in [1.54, 1.807) is 0 Å². The molecule has 5 unspecified atom stereocenters. The molecule has 0 aromatic carbocycles. The van der Waals surface area contributed by atoms with Crippen molar-refractivity contribution in [3.8, 4) is 0 Å². The molecule has 3 rings (SSSR count). The number of nitrogens with two attached hydrogens (primary N) is 1. The third-order valence-corrected chi connectivity index (χ3v) is 6.16. The minimum absolute atomic E-state index is 0.00784. The predicted octanol–water partition coefficient (Wildman–Crippen LogP) is 1.78. The van der Waals surface area contributed by atoms with Crippen molar-refractivity contribution in [3.63, 3.8) is 0 Å². The molecule has 4 heteroatoms. The summed E-state index contributed by atoms with van der Waals surface area (Å²) >= 11 is 0. The van der Waals surface area contributed by atoms with Crippen LogP contribution >= 0.6 is 0 Å². The summed E-state index contributed by atoms with van der Waals surface area (Å²) in [7, 11) is 0. The first kappa shape index (κ1) is 14.3. The number of morpholine rings is 1. The van der Waals surface area contributed by atoms with Crippen molar-refractivity contribution in [1.29, 1.82) is 0 Å². The zero-order valence-corrected chi connectivity index (χ0v) is 13.0. The highest BCUT2D eigenvalue weighted by atomic mass is 16.5. The van der Waals surface area contributed by atoms with Gasteiger partial charge in [-0.15, -0.1) is 0 Å². The molecule has 0 aromatic rings. The fraction of sp³-hybridized carbons (Fsp3) is 0.938. The van der Waals surface area contributed by atoms with E-state index in [0.717, 1.165) is 38.8 Å². The summed E-state index contributed by atoms with van der Waals surface area (Å²) in [6.45, 7) is 8.22. The van der Waals surface area contributed by atoms with E-state index in [2.05, 4.69) is 25.7 Å². The van der Waals surface area contributed by atoms with Gasteiger partial charge in [-0.2, -0.15) is 0 Å². The molecule has 4 nitrogen and oxygen atoms in total. The average molecular weight is 280 g/mol. The normalized spacial score (nSPS) is 43.6. The molecule has 2 heterocycles. The Hall–Kier alpha value is -0.610. The minimum atomic E-state index is -0.00784. The molecule has 0 aromatic heterocycles. The van der Waals surface area contributed by atoms with E-state index >= 15 is 0 Å². The first-order valence-electron chi connectivity index (χ1n) is 8.09. The molecule has 1 aliphatic carbocycles. The van der Waals surface area contributed by atoms with Gasteiger partial charge in [0, 0.05) is 25.0 Å². The van der Waals surface area contributed by atoms with Crippen molar-refractivity contribution < 1.29 is 9.53 Å². The molecule has 5 atom stereocenters. The predicted molar refractivity (Wildman–Crippen MR) is 78.1 cm³/mol. The van der Waals surface area contributed by atoms with Gasteiger partial charge in [0.25, 0.3) is 0 Å². The largest absolute Gasteiger partial charge is 0.371 e. The molecule has 20 heavy (non-hydrogen) atoms. The van der Waals surface area contributed by atoms with Crippen LogP contribution in [0.15, 0.2) is 0 Å². The fourth-order valence-electron chi connectivity index (χ4n) is 4.31. The highest BCUT2D eigenvalue weighted by Crippen LogP contribution is 2.45. The summed E-state index contributed by atoms with van der Waals surface area (Å²) in [5.41, 5.74) is 6.20. The van der Waals surface area contributed by atoms with Gasteiger partial charge < -0.3 is 15.4 Å². The lowest BCUT2D eigenvalue weighted by atomic mass is 9.60. The van der Waals surface area contributed by atoms with E-state index in [1.807, 2.05) is 0 Å². The van der Waals surface area contributed by atoms with Gasteiger partial charge in [0.15, 0.2) is 0 Å². The van der Waals surface area contributed by atoms with E-state index in [9.17, 15) is 4.79 Å². The fourth-order valence-corrected chi connectivity index (χ4v) is 4.31. The number of carbonyl (C=O) groups is 1. The van der Waals surface area contributed by atoms with E-state index in [-0.39, 0.29) is 29.6 Å².